The van der Waals surface area contributed by atoms with Gasteiger partial charge >= 0.3 is 6.09 Å². The number of terminal acetylenes is 1. The zero-order valence-corrected chi connectivity index (χ0v) is 7.90. The summed E-state index contributed by atoms with van der Waals surface area (Å²) in [5, 5.41) is 8.66. The smallest absolute Gasteiger partial charge is 0.407 e. The van der Waals surface area contributed by atoms with Gasteiger partial charge in [0, 0.05) is 19.2 Å². The molecule has 0 heterocycles. The molecule has 0 atom stereocenters. The fourth-order valence-corrected chi connectivity index (χ4v) is 1.10. The molecular weight excluding hydrogens is 178 g/mol. The summed E-state index contributed by atoms with van der Waals surface area (Å²) in [6, 6.07) is 7.28. The first-order valence-corrected chi connectivity index (χ1v) is 4.13. The SMILES string of the molecule is C#Cc1cccc(CN(C)C(=O)O)c1. The Bertz CT molecular complexity index is 379. The van der Waals surface area contributed by atoms with E-state index < -0.39 is 6.09 Å². The molecule has 0 bridgehead atoms. The second kappa shape index (κ2) is 4.33. The Morgan fingerprint density at radius 3 is 2.93 bits per heavy atom. The molecule has 1 aromatic rings. The van der Waals surface area contributed by atoms with Crippen molar-refractivity contribution in [1.29, 1.82) is 0 Å². The minimum Gasteiger partial charge on any atom is -0.465 e. The van der Waals surface area contributed by atoms with Crippen molar-refractivity contribution in [2.45, 2.75) is 6.54 Å². The molecule has 0 aromatic heterocycles. The molecular formula is C11H11NO2. The minimum absolute atomic E-state index is 0.352. The standard InChI is InChI=1S/C11H11NO2/c1-3-9-5-4-6-10(7-9)8-12(2)11(13)14/h1,4-7H,8H2,2H3,(H,13,14). The van der Waals surface area contributed by atoms with E-state index in [1.54, 1.807) is 6.07 Å². The molecule has 1 aromatic carbocycles. The van der Waals surface area contributed by atoms with Crippen LogP contribution in [-0.2, 0) is 6.54 Å². The van der Waals surface area contributed by atoms with Crippen molar-refractivity contribution in [2.24, 2.45) is 0 Å². The van der Waals surface area contributed by atoms with Gasteiger partial charge in [-0.15, -0.1) is 6.42 Å². The van der Waals surface area contributed by atoms with Gasteiger partial charge in [-0.1, -0.05) is 18.1 Å². The van der Waals surface area contributed by atoms with E-state index in [1.807, 2.05) is 18.2 Å². The first-order chi connectivity index (χ1) is 6.63. The van der Waals surface area contributed by atoms with Crippen LogP contribution in [0.15, 0.2) is 24.3 Å². The third-order valence-corrected chi connectivity index (χ3v) is 1.84. The van der Waals surface area contributed by atoms with Crippen molar-refractivity contribution in [3.63, 3.8) is 0 Å². The summed E-state index contributed by atoms with van der Waals surface area (Å²) in [5.74, 6) is 2.50. The van der Waals surface area contributed by atoms with Gasteiger partial charge in [0.05, 0.1) is 0 Å². The van der Waals surface area contributed by atoms with Gasteiger partial charge in [0.15, 0.2) is 0 Å². The summed E-state index contributed by atoms with van der Waals surface area (Å²) in [4.78, 5) is 11.7. The molecule has 3 nitrogen and oxygen atoms in total. The predicted octanol–water partition coefficient (Wildman–Crippen LogP) is 1.78. The lowest BCUT2D eigenvalue weighted by Crippen LogP contribution is -2.23. The van der Waals surface area contributed by atoms with Crippen LogP contribution < -0.4 is 0 Å². The zero-order valence-electron chi connectivity index (χ0n) is 7.90. The molecule has 0 saturated carbocycles. The predicted molar refractivity (Wildman–Crippen MR) is 53.9 cm³/mol. The van der Waals surface area contributed by atoms with Crippen molar-refractivity contribution < 1.29 is 9.90 Å². The van der Waals surface area contributed by atoms with E-state index in [0.29, 0.717) is 6.54 Å². The molecule has 0 unspecified atom stereocenters. The number of nitrogens with zero attached hydrogens (tertiary/aromatic N) is 1. The Balaban J connectivity index is 2.78. The molecule has 0 fully saturated rings. The summed E-state index contributed by atoms with van der Waals surface area (Å²) in [7, 11) is 1.52. The third kappa shape index (κ3) is 2.53. The van der Waals surface area contributed by atoms with E-state index in [4.69, 9.17) is 11.5 Å². The second-order valence-electron chi connectivity index (χ2n) is 2.98. The molecule has 0 spiro atoms. The highest BCUT2D eigenvalue weighted by Gasteiger charge is 2.05. The number of carbonyl (C=O) groups is 1. The average molecular weight is 189 g/mol. The molecule has 0 aliphatic heterocycles. The Morgan fingerprint density at radius 1 is 1.64 bits per heavy atom. The molecule has 0 aliphatic rings. The zero-order chi connectivity index (χ0) is 10.6. The van der Waals surface area contributed by atoms with E-state index in [9.17, 15) is 4.79 Å². The van der Waals surface area contributed by atoms with E-state index in [-0.39, 0.29) is 0 Å². The fourth-order valence-electron chi connectivity index (χ4n) is 1.10. The van der Waals surface area contributed by atoms with Crippen LogP contribution in [0.3, 0.4) is 0 Å². The Kier molecular flexibility index (Phi) is 3.14. The summed E-state index contributed by atoms with van der Waals surface area (Å²) in [6.45, 7) is 0.352. The quantitative estimate of drug-likeness (QED) is 0.720. The number of amides is 1. The molecule has 0 saturated heterocycles. The third-order valence-electron chi connectivity index (χ3n) is 1.84. The van der Waals surface area contributed by atoms with Gasteiger partial charge in [-0.05, 0) is 17.7 Å². The van der Waals surface area contributed by atoms with Crippen LogP contribution in [0.25, 0.3) is 0 Å². The topological polar surface area (TPSA) is 40.5 Å². The summed E-state index contributed by atoms with van der Waals surface area (Å²) < 4.78 is 0. The van der Waals surface area contributed by atoms with Crippen molar-refractivity contribution >= 4 is 6.09 Å². The number of benzene rings is 1. The van der Waals surface area contributed by atoms with Crippen LogP contribution in [0, 0.1) is 12.3 Å². The highest BCUT2D eigenvalue weighted by Crippen LogP contribution is 2.06. The van der Waals surface area contributed by atoms with Gasteiger partial charge in [-0.3, -0.25) is 0 Å². The molecule has 1 amide bonds. The molecule has 3 heteroatoms. The van der Waals surface area contributed by atoms with Gasteiger partial charge in [-0.2, -0.15) is 0 Å². The van der Waals surface area contributed by atoms with E-state index in [2.05, 4.69) is 5.92 Å². The summed E-state index contributed by atoms with van der Waals surface area (Å²) >= 11 is 0. The van der Waals surface area contributed by atoms with Gasteiger partial charge in [0.1, 0.15) is 0 Å². The monoisotopic (exact) mass is 189 g/mol. The minimum atomic E-state index is -0.948. The van der Waals surface area contributed by atoms with Crippen LogP contribution in [-0.4, -0.2) is 23.1 Å². The lowest BCUT2D eigenvalue weighted by molar-refractivity contribution is 0.154. The van der Waals surface area contributed by atoms with E-state index in [1.165, 1.54) is 11.9 Å². The highest BCUT2D eigenvalue weighted by atomic mass is 16.4. The average Bonchev–Trinajstić information content (AvgIpc) is 2.18. The van der Waals surface area contributed by atoms with Crippen molar-refractivity contribution in [2.75, 3.05) is 7.05 Å². The van der Waals surface area contributed by atoms with Crippen LogP contribution in [0.1, 0.15) is 11.1 Å². The highest BCUT2D eigenvalue weighted by molar-refractivity contribution is 5.64. The van der Waals surface area contributed by atoms with Crippen LogP contribution in [0.2, 0.25) is 0 Å². The van der Waals surface area contributed by atoms with E-state index in [0.717, 1.165) is 11.1 Å². The van der Waals surface area contributed by atoms with Crippen LogP contribution in [0.5, 0.6) is 0 Å². The van der Waals surface area contributed by atoms with Gasteiger partial charge in [-0.25, -0.2) is 4.79 Å². The number of rotatable bonds is 2. The Morgan fingerprint density at radius 2 is 2.36 bits per heavy atom. The molecule has 1 N–H and O–H groups in total. The van der Waals surface area contributed by atoms with Gasteiger partial charge in [0.2, 0.25) is 0 Å². The largest absolute Gasteiger partial charge is 0.465 e. The maximum Gasteiger partial charge on any atom is 0.407 e. The summed E-state index contributed by atoms with van der Waals surface area (Å²) in [5.41, 5.74) is 1.66. The van der Waals surface area contributed by atoms with Crippen molar-refractivity contribution in [1.82, 2.24) is 4.90 Å². The lowest BCUT2D eigenvalue weighted by atomic mass is 10.1. The van der Waals surface area contributed by atoms with Crippen LogP contribution in [0.4, 0.5) is 4.79 Å². The lowest BCUT2D eigenvalue weighted by Gasteiger charge is -2.12. The van der Waals surface area contributed by atoms with Gasteiger partial charge in [0.25, 0.3) is 0 Å². The summed E-state index contributed by atoms with van der Waals surface area (Å²) in [6.07, 6.45) is 4.28. The number of hydrogen-bond donors (Lipinski definition) is 1. The van der Waals surface area contributed by atoms with Gasteiger partial charge < -0.3 is 10.0 Å². The molecule has 72 valence electrons. The number of carboxylic acid groups (broad SMARTS) is 1. The number of hydrogen-bond acceptors (Lipinski definition) is 1. The Hall–Kier alpha value is -1.95. The first kappa shape index (κ1) is 10.1. The molecule has 0 aliphatic carbocycles. The maximum absolute atomic E-state index is 10.5. The first-order valence-electron chi connectivity index (χ1n) is 4.13. The molecule has 1 rings (SSSR count). The molecule has 0 radical (unpaired) electrons. The van der Waals surface area contributed by atoms with E-state index >= 15 is 0 Å². The van der Waals surface area contributed by atoms with Crippen molar-refractivity contribution in [3.8, 4) is 12.3 Å². The van der Waals surface area contributed by atoms with Crippen LogP contribution >= 0.6 is 0 Å². The normalized spacial score (nSPS) is 9.14. The molecule has 14 heavy (non-hydrogen) atoms. The van der Waals surface area contributed by atoms with Crippen molar-refractivity contribution in [3.05, 3.63) is 35.4 Å². The second-order valence-corrected chi connectivity index (χ2v) is 2.98. The Labute approximate surface area is 83.0 Å². The fraction of sp³-hybridized carbons (Fsp3) is 0.182. The maximum atomic E-state index is 10.5.